The van der Waals surface area contributed by atoms with Crippen molar-refractivity contribution in [1.82, 2.24) is 20.0 Å². The van der Waals surface area contributed by atoms with E-state index >= 15 is 0 Å². The summed E-state index contributed by atoms with van der Waals surface area (Å²) < 4.78 is 14.3. The van der Waals surface area contributed by atoms with Crippen molar-refractivity contribution in [2.24, 2.45) is 0 Å². The molecule has 2 aliphatic heterocycles. The largest absolute Gasteiger partial charge is 0.375 e. The molecule has 6 heteroatoms. The topological polar surface area (TPSA) is 51.6 Å². The summed E-state index contributed by atoms with van der Waals surface area (Å²) >= 11 is 0. The molecule has 0 aromatic carbocycles. The number of hydrogen-bond donors (Lipinski definition) is 1. The van der Waals surface area contributed by atoms with Crippen molar-refractivity contribution in [2.45, 2.75) is 76.2 Å². The molecule has 1 N–H and O–H groups in total. The number of ether oxygens (including phenoxy) is 2. The molecule has 0 bridgehead atoms. The number of hydrogen-bond acceptors (Lipinski definition) is 5. The third-order valence-corrected chi connectivity index (χ3v) is 6.76. The number of likely N-dealkylation sites (N-methyl/N-ethyl adjacent to an activating group) is 2. The molecule has 3 heterocycles. The van der Waals surface area contributed by atoms with Gasteiger partial charge in [-0.2, -0.15) is 5.10 Å². The highest BCUT2D eigenvalue weighted by Crippen LogP contribution is 2.45. The van der Waals surface area contributed by atoms with Crippen LogP contribution in [0, 0.1) is 0 Å². The fourth-order valence-corrected chi connectivity index (χ4v) is 5.19. The van der Waals surface area contributed by atoms with Gasteiger partial charge in [0.1, 0.15) is 0 Å². The number of fused-ring (bicyclic) bond motifs is 1. The van der Waals surface area contributed by atoms with E-state index in [-0.39, 0.29) is 5.60 Å². The average Bonchev–Trinajstić information content (AvgIpc) is 3.05. The van der Waals surface area contributed by atoms with Gasteiger partial charge in [-0.3, -0.25) is 9.58 Å². The number of aromatic nitrogens is 2. The predicted molar refractivity (Wildman–Crippen MR) is 106 cm³/mol. The molecular weight excluding hydrogens is 340 g/mol. The predicted octanol–water partition coefficient (Wildman–Crippen LogP) is 2.66. The summed E-state index contributed by atoms with van der Waals surface area (Å²) in [4.78, 5) is 2.38. The van der Waals surface area contributed by atoms with E-state index in [1.54, 1.807) is 0 Å². The molecule has 2 fully saturated rings. The normalized spacial score (nSPS) is 28.6. The van der Waals surface area contributed by atoms with E-state index in [0.29, 0.717) is 5.92 Å². The summed E-state index contributed by atoms with van der Waals surface area (Å²) in [6.07, 6.45) is 8.70. The SMILES string of the molecule is CNCCN(C)Cc1nn2c(c1[C@H]1CC[C@@]3(CCCCO3)CC1)COCC2. The number of nitrogens with one attached hydrogen (secondary N) is 1. The average molecular weight is 377 g/mol. The van der Waals surface area contributed by atoms with Crippen LogP contribution in [0.5, 0.6) is 0 Å². The molecule has 4 rings (SSSR count). The second-order valence-corrected chi connectivity index (χ2v) is 8.69. The van der Waals surface area contributed by atoms with Gasteiger partial charge in [0.25, 0.3) is 0 Å². The Hall–Kier alpha value is -0.950. The summed E-state index contributed by atoms with van der Waals surface area (Å²) in [6.45, 7) is 6.33. The highest BCUT2D eigenvalue weighted by Gasteiger charge is 2.39. The third-order valence-electron chi connectivity index (χ3n) is 6.76. The highest BCUT2D eigenvalue weighted by atomic mass is 16.5. The van der Waals surface area contributed by atoms with Crippen LogP contribution in [0.25, 0.3) is 0 Å². The fourth-order valence-electron chi connectivity index (χ4n) is 5.19. The molecule has 3 aliphatic rings. The standard InChI is InChI=1S/C21H36N4O2/c1-22-10-11-24(2)15-18-20(19-16-26-14-12-25(19)23-18)17-5-8-21(9-6-17)7-3-4-13-27-21/h17,22H,3-16H2,1-2H3/t17-,21-. The molecule has 1 spiro atoms. The van der Waals surface area contributed by atoms with Crippen LogP contribution >= 0.6 is 0 Å². The van der Waals surface area contributed by atoms with E-state index in [4.69, 9.17) is 14.6 Å². The van der Waals surface area contributed by atoms with Crippen LogP contribution < -0.4 is 5.32 Å². The van der Waals surface area contributed by atoms with Gasteiger partial charge in [-0.25, -0.2) is 0 Å². The van der Waals surface area contributed by atoms with Crippen molar-refractivity contribution in [3.63, 3.8) is 0 Å². The summed E-state index contributed by atoms with van der Waals surface area (Å²) in [5, 5.41) is 8.26. The Morgan fingerprint density at radius 2 is 2.07 bits per heavy atom. The van der Waals surface area contributed by atoms with Gasteiger partial charge in [0.05, 0.1) is 36.7 Å². The Labute approximate surface area is 163 Å². The quantitative estimate of drug-likeness (QED) is 0.827. The van der Waals surface area contributed by atoms with Crippen LogP contribution in [0.2, 0.25) is 0 Å². The van der Waals surface area contributed by atoms with Gasteiger partial charge in [0.15, 0.2) is 0 Å². The van der Waals surface area contributed by atoms with Crippen LogP contribution in [0.15, 0.2) is 0 Å². The minimum absolute atomic E-state index is 0.183. The van der Waals surface area contributed by atoms with E-state index in [1.807, 2.05) is 7.05 Å². The van der Waals surface area contributed by atoms with Crippen molar-refractivity contribution in [1.29, 1.82) is 0 Å². The second-order valence-electron chi connectivity index (χ2n) is 8.69. The maximum atomic E-state index is 6.26. The van der Waals surface area contributed by atoms with Gasteiger partial charge < -0.3 is 14.8 Å². The summed E-state index contributed by atoms with van der Waals surface area (Å²) in [6, 6.07) is 0. The number of nitrogens with zero attached hydrogens (tertiary/aromatic N) is 3. The lowest BCUT2D eigenvalue weighted by molar-refractivity contribution is -0.102. The zero-order valence-electron chi connectivity index (χ0n) is 17.1. The monoisotopic (exact) mass is 376 g/mol. The first kappa shape index (κ1) is 19.4. The molecule has 0 unspecified atom stereocenters. The molecule has 1 aromatic heterocycles. The lowest BCUT2D eigenvalue weighted by atomic mass is 9.72. The molecule has 0 atom stereocenters. The molecule has 1 saturated carbocycles. The second kappa shape index (κ2) is 8.60. The van der Waals surface area contributed by atoms with Crippen molar-refractivity contribution in [3.8, 4) is 0 Å². The van der Waals surface area contributed by atoms with E-state index in [2.05, 4.69) is 21.9 Å². The Kier molecular flexibility index (Phi) is 6.17. The first-order valence-corrected chi connectivity index (χ1v) is 10.8. The van der Waals surface area contributed by atoms with Crippen LogP contribution in [0.4, 0.5) is 0 Å². The Bertz CT molecular complexity index is 614. The van der Waals surface area contributed by atoms with E-state index in [1.165, 1.54) is 61.9 Å². The van der Waals surface area contributed by atoms with E-state index in [9.17, 15) is 0 Å². The van der Waals surface area contributed by atoms with Crippen molar-refractivity contribution < 1.29 is 9.47 Å². The van der Waals surface area contributed by atoms with Crippen LogP contribution in [-0.4, -0.2) is 60.7 Å². The fraction of sp³-hybridized carbons (Fsp3) is 0.857. The minimum atomic E-state index is 0.183. The lowest BCUT2D eigenvalue weighted by Gasteiger charge is -2.43. The van der Waals surface area contributed by atoms with Gasteiger partial charge in [-0.1, -0.05) is 0 Å². The Balaban J connectivity index is 1.51. The molecule has 0 amide bonds. The minimum Gasteiger partial charge on any atom is -0.375 e. The number of rotatable bonds is 6. The highest BCUT2D eigenvalue weighted by molar-refractivity contribution is 5.32. The van der Waals surface area contributed by atoms with Gasteiger partial charge in [-0.05, 0) is 65.0 Å². The first-order valence-electron chi connectivity index (χ1n) is 10.8. The summed E-state index contributed by atoms with van der Waals surface area (Å²) in [7, 11) is 4.21. The molecule has 1 saturated heterocycles. The van der Waals surface area contributed by atoms with Gasteiger partial charge >= 0.3 is 0 Å². The molecule has 0 radical (unpaired) electrons. The zero-order chi connectivity index (χ0) is 18.7. The van der Waals surface area contributed by atoms with Crippen molar-refractivity contribution in [3.05, 3.63) is 17.0 Å². The van der Waals surface area contributed by atoms with Crippen LogP contribution in [0.1, 0.15) is 67.8 Å². The maximum absolute atomic E-state index is 6.26. The van der Waals surface area contributed by atoms with Crippen molar-refractivity contribution in [2.75, 3.05) is 40.4 Å². The van der Waals surface area contributed by atoms with Gasteiger partial charge in [0, 0.05) is 31.8 Å². The molecule has 152 valence electrons. The third kappa shape index (κ3) is 4.24. The molecular formula is C21H36N4O2. The van der Waals surface area contributed by atoms with E-state index < -0.39 is 0 Å². The van der Waals surface area contributed by atoms with Crippen molar-refractivity contribution >= 4 is 0 Å². The zero-order valence-corrected chi connectivity index (χ0v) is 17.1. The van der Waals surface area contributed by atoms with Crippen LogP contribution in [0.3, 0.4) is 0 Å². The smallest absolute Gasteiger partial charge is 0.0888 e. The molecule has 6 nitrogen and oxygen atoms in total. The Morgan fingerprint density at radius 1 is 1.22 bits per heavy atom. The van der Waals surface area contributed by atoms with Crippen LogP contribution in [-0.2, 0) is 29.2 Å². The molecule has 1 aliphatic carbocycles. The van der Waals surface area contributed by atoms with Gasteiger partial charge in [0.2, 0.25) is 0 Å². The van der Waals surface area contributed by atoms with Gasteiger partial charge in [-0.15, -0.1) is 0 Å². The lowest BCUT2D eigenvalue weighted by Crippen LogP contribution is -2.39. The molecule has 27 heavy (non-hydrogen) atoms. The summed E-state index contributed by atoms with van der Waals surface area (Å²) in [5.74, 6) is 0.610. The first-order chi connectivity index (χ1) is 13.2. The summed E-state index contributed by atoms with van der Waals surface area (Å²) in [5.41, 5.74) is 4.29. The molecule has 1 aromatic rings. The van der Waals surface area contributed by atoms with E-state index in [0.717, 1.165) is 46.0 Å². The maximum Gasteiger partial charge on any atom is 0.0888 e. The Morgan fingerprint density at radius 3 is 2.81 bits per heavy atom.